The zero-order valence-electron chi connectivity index (χ0n) is 25.9. The smallest absolute Gasteiger partial charge is 0.264 e. The van der Waals surface area contributed by atoms with E-state index >= 15 is 0 Å². The highest BCUT2D eigenvalue weighted by molar-refractivity contribution is 7.92. The van der Waals surface area contributed by atoms with Gasteiger partial charge in [0.05, 0.1) is 10.6 Å². The highest BCUT2D eigenvalue weighted by Crippen LogP contribution is 2.29. The van der Waals surface area contributed by atoms with Crippen LogP contribution in [0.1, 0.15) is 32.8 Å². The van der Waals surface area contributed by atoms with Crippen molar-refractivity contribution in [1.82, 2.24) is 10.2 Å². The number of amides is 2. The van der Waals surface area contributed by atoms with Crippen LogP contribution in [0.3, 0.4) is 0 Å². The molecule has 4 aromatic rings. The lowest BCUT2D eigenvalue weighted by Crippen LogP contribution is -2.52. The van der Waals surface area contributed by atoms with Crippen LogP contribution in [0.25, 0.3) is 0 Å². The monoisotopic (exact) mass is 681 g/mol. The third-order valence-electron chi connectivity index (χ3n) is 7.14. The number of ether oxygens (including phenoxy) is 1. The highest BCUT2D eigenvalue weighted by atomic mass is 35.5. The van der Waals surface area contributed by atoms with Crippen molar-refractivity contribution in [3.05, 3.63) is 119 Å². The molecule has 242 valence electrons. The van der Waals surface area contributed by atoms with Gasteiger partial charge in [-0.1, -0.05) is 86.4 Å². The van der Waals surface area contributed by atoms with E-state index < -0.39 is 28.5 Å². The molecule has 11 heteroatoms. The Bertz CT molecular complexity index is 1720. The number of hydrogen-bond acceptors (Lipinski definition) is 5. The van der Waals surface area contributed by atoms with Gasteiger partial charge in [0.1, 0.15) is 24.1 Å². The van der Waals surface area contributed by atoms with Crippen molar-refractivity contribution < 1.29 is 22.7 Å². The summed E-state index contributed by atoms with van der Waals surface area (Å²) < 4.78 is 35.1. The van der Waals surface area contributed by atoms with Gasteiger partial charge < -0.3 is 15.0 Å². The number of nitrogens with one attached hydrogen (secondary N) is 1. The lowest BCUT2D eigenvalue weighted by molar-refractivity contribution is -0.140. The minimum Gasteiger partial charge on any atom is -0.457 e. The number of halogens is 2. The molecule has 0 spiro atoms. The molecule has 8 nitrogen and oxygen atoms in total. The summed E-state index contributed by atoms with van der Waals surface area (Å²) in [5.74, 6) is 0.384. The number of hydrogen-bond donors (Lipinski definition) is 1. The molecule has 0 radical (unpaired) electrons. The summed E-state index contributed by atoms with van der Waals surface area (Å²) in [5.41, 5.74) is 0.814. The van der Waals surface area contributed by atoms with Gasteiger partial charge in [0.15, 0.2) is 0 Å². The molecule has 0 saturated carbocycles. The van der Waals surface area contributed by atoms with Crippen LogP contribution >= 0.6 is 23.2 Å². The Morgan fingerprint density at radius 1 is 0.848 bits per heavy atom. The van der Waals surface area contributed by atoms with E-state index in [1.165, 1.54) is 17.0 Å². The van der Waals surface area contributed by atoms with Crippen LogP contribution in [0.15, 0.2) is 108 Å². The average molecular weight is 683 g/mol. The SMILES string of the molecule is CC[C@@H](C(=O)NCC(C)C)N(Cc1ccc(Cl)cc1Cl)C(=O)CN(c1ccc(Oc2ccccc2)cc1)S(=O)(=O)c1ccccc1. The Balaban J connectivity index is 1.72. The number of sulfonamides is 1. The second-order valence-corrected chi connectivity index (χ2v) is 13.8. The third-order valence-corrected chi connectivity index (χ3v) is 9.51. The fraction of sp³-hybridized carbons (Fsp3) is 0.257. The molecule has 2 amide bonds. The summed E-state index contributed by atoms with van der Waals surface area (Å²) in [6.07, 6.45) is 0.290. The summed E-state index contributed by atoms with van der Waals surface area (Å²) in [7, 11) is -4.21. The molecule has 0 aliphatic heterocycles. The quantitative estimate of drug-likeness (QED) is 0.148. The first kappa shape index (κ1) is 34.8. The predicted molar refractivity (Wildman–Crippen MR) is 183 cm³/mol. The van der Waals surface area contributed by atoms with Crippen molar-refractivity contribution in [1.29, 1.82) is 0 Å². The maximum atomic E-state index is 14.3. The summed E-state index contributed by atoms with van der Waals surface area (Å²) in [5, 5.41) is 3.66. The van der Waals surface area contributed by atoms with Crippen LogP contribution in [0.5, 0.6) is 11.5 Å². The number of benzene rings is 4. The maximum Gasteiger partial charge on any atom is 0.264 e. The minimum absolute atomic E-state index is 0.0152. The minimum atomic E-state index is -4.21. The van der Waals surface area contributed by atoms with Crippen molar-refractivity contribution in [2.45, 2.75) is 44.7 Å². The predicted octanol–water partition coefficient (Wildman–Crippen LogP) is 7.56. The molecule has 0 aliphatic carbocycles. The summed E-state index contributed by atoms with van der Waals surface area (Å²) in [6.45, 7) is 5.55. The van der Waals surface area contributed by atoms with Gasteiger partial charge >= 0.3 is 0 Å². The van der Waals surface area contributed by atoms with Gasteiger partial charge in [-0.25, -0.2) is 8.42 Å². The zero-order valence-corrected chi connectivity index (χ0v) is 28.2. The first-order chi connectivity index (χ1) is 22.0. The first-order valence-corrected chi connectivity index (χ1v) is 17.1. The molecule has 1 N–H and O–H groups in total. The molecule has 0 saturated heterocycles. The molecule has 0 bridgehead atoms. The molecular formula is C35H37Cl2N3O5S. The summed E-state index contributed by atoms with van der Waals surface area (Å²) >= 11 is 12.6. The molecule has 0 aliphatic rings. The number of nitrogens with zero attached hydrogens (tertiary/aromatic N) is 2. The van der Waals surface area contributed by atoms with Gasteiger partial charge in [-0.15, -0.1) is 0 Å². The second kappa shape index (κ2) is 16.0. The van der Waals surface area contributed by atoms with E-state index in [0.29, 0.717) is 33.7 Å². The van der Waals surface area contributed by atoms with E-state index in [1.54, 1.807) is 67.6 Å². The molecular weight excluding hydrogens is 645 g/mol. The standard InChI is InChI=1S/C35H37Cl2N3O5S/c1-4-33(35(42)38-22-25(2)3)39(23-26-15-16-27(36)21-32(26)37)34(41)24-40(46(43,44)31-13-9-6-10-14-31)28-17-19-30(20-18-28)45-29-11-7-5-8-12-29/h5-21,25,33H,4,22-24H2,1-3H3,(H,38,42)/t33-/m0/s1. The van der Waals surface area contributed by atoms with Crippen LogP contribution in [-0.2, 0) is 26.2 Å². The molecule has 4 aromatic carbocycles. The fourth-order valence-corrected chi connectivity index (χ4v) is 6.63. The third kappa shape index (κ3) is 9.02. The van der Waals surface area contributed by atoms with Gasteiger partial charge in [0.25, 0.3) is 10.0 Å². The molecule has 46 heavy (non-hydrogen) atoms. The van der Waals surface area contributed by atoms with Gasteiger partial charge in [-0.3, -0.25) is 13.9 Å². The Hall–Kier alpha value is -4.05. The van der Waals surface area contributed by atoms with E-state index in [2.05, 4.69) is 5.32 Å². The number of carbonyl (C=O) groups is 2. The molecule has 1 atom stereocenters. The molecule has 4 rings (SSSR count). The lowest BCUT2D eigenvalue weighted by atomic mass is 10.1. The Kier molecular flexibility index (Phi) is 12.1. The molecule has 0 heterocycles. The van der Waals surface area contributed by atoms with Crippen LogP contribution in [0.4, 0.5) is 5.69 Å². The van der Waals surface area contributed by atoms with Gasteiger partial charge in [0, 0.05) is 23.1 Å². The van der Waals surface area contributed by atoms with Crippen LogP contribution in [-0.4, -0.2) is 44.3 Å². The van der Waals surface area contributed by atoms with Crippen LogP contribution in [0, 0.1) is 5.92 Å². The first-order valence-electron chi connectivity index (χ1n) is 14.9. The Labute approximate surface area is 280 Å². The van der Waals surface area contributed by atoms with Crippen molar-refractivity contribution in [2.75, 3.05) is 17.4 Å². The van der Waals surface area contributed by atoms with Crippen molar-refractivity contribution in [3.63, 3.8) is 0 Å². The zero-order chi connectivity index (χ0) is 33.3. The normalized spacial score (nSPS) is 12.0. The van der Waals surface area contributed by atoms with Gasteiger partial charge in [0.2, 0.25) is 11.8 Å². The number of carbonyl (C=O) groups excluding carboxylic acids is 2. The number of para-hydroxylation sites is 1. The number of anilines is 1. The van der Waals surface area contributed by atoms with E-state index in [1.807, 2.05) is 44.2 Å². The fourth-order valence-electron chi connectivity index (χ4n) is 4.73. The van der Waals surface area contributed by atoms with Crippen molar-refractivity contribution >= 4 is 50.7 Å². The molecule has 0 fully saturated rings. The van der Waals surface area contributed by atoms with Crippen LogP contribution < -0.4 is 14.4 Å². The van der Waals surface area contributed by atoms with E-state index in [-0.39, 0.29) is 35.4 Å². The Morgan fingerprint density at radius 2 is 1.46 bits per heavy atom. The van der Waals surface area contributed by atoms with E-state index in [0.717, 1.165) is 4.31 Å². The maximum absolute atomic E-state index is 14.3. The molecule has 0 unspecified atom stereocenters. The number of rotatable bonds is 14. The lowest BCUT2D eigenvalue weighted by Gasteiger charge is -2.33. The van der Waals surface area contributed by atoms with Gasteiger partial charge in [-0.2, -0.15) is 0 Å². The summed E-state index contributed by atoms with van der Waals surface area (Å²) in [6, 6.07) is 27.5. The Morgan fingerprint density at radius 3 is 2.04 bits per heavy atom. The van der Waals surface area contributed by atoms with E-state index in [9.17, 15) is 18.0 Å². The highest BCUT2D eigenvalue weighted by Gasteiger charge is 2.34. The topological polar surface area (TPSA) is 96.0 Å². The second-order valence-electron chi connectivity index (χ2n) is 11.1. The van der Waals surface area contributed by atoms with Crippen molar-refractivity contribution in [2.24, 2.45) is 5.92 Å². The summed E-state index contributed by atoms with van der Waals surface area (Å²) in [4.78, 5) is 29.1. The van der Waals surface area contributed by atoms with Crippen LogP contribution in [0.2, 0.25) is 10.0 Å². The average Bonchev–Trinajstić information content (AvgIpc) is 3.04. The van der Waals surface area contributed by atoms with Crippen molar-refractivity contribution in [3.8, 4) is 11.5 Å². The van der Waals surface area contributed by atoms with E-state index in [4.69, 9.17) is 27.9 Å². The largest absolute Gasteiger partial charge is 0.457 e. The molecule has 0 aromatic heterocycles. The van der Waals surface area contributed by atoms with Gasteiger partial charge in [-0.05, 0) is 78.6 Å².